The molecule has 17 heavy (non-hydrogen) atoms. The lowest BCUT2D eigenvalue weighted by atomic mass is 10.4. The molecule has 5 heteroatoms. The van der Waals surface area contributed by atoms with Crippen molar-refractivity contribution in [2.45, 2.75) is 50.2 Å². The molecule has 1 aliphatic rings. The fraction of sp³-hybridized carbons (Fsp3) is 1.00. The first-order chi connectivity index (χ1) is 8.31. The van der Waals surface area contributed by atoms with Gasteiger partial charge < -0.3 is 14.0 Å². The summed E-state index contributed by atoms with van der Waals surface area (Å²) in [6.45, 7) is 5.06. The van der Waals surface area contributed by atoms with E-state index in [1.54, 1.807) is 14.2 Å². The predicted molar refractivity (Wildman–Crippen MR) is 75.0 cm³/mol. The molecular formula is C12H26NO2Si2. The molecule has 99 valence electrons. The summed E-state index contributed by atoms with van der Waals surface area (Å²) in [5.74, 6) is 0. The van der Waals surface area contributed by atoms with E-state index >= 15 is 0 Å². The molecule has 0 aromatic heterocycles. The third-order valence-corrected chi connectivity index (χ3v) is 7.78. The number of nitrogens with zero attached hydrogens (tertiary/aromatic N) is 1. The summed E-state index contributed by atoms with van der Waals surface area (Å²) in [7, 11) is 4.30. The first kappa shape index (κ1) is 15.4. The van der Waals surface area contributed by atoms with Crippen LogP contribution >= 0.6 is 0 Å². The Kier molecular flexibility index (Phi) is 8.38. The van der Waals surface area contributed by atoms with Gasteiger partial charge in [-0.15, -0.1) is 0 Å². The van der Waals surface area contributed by atoms with E-state index in [1.165, 1.54) is 44.1 Å². The normalized spacial score (nSPS) is 18.4. The van der Waals surface area contributed by atoms with Crippen LogP contribution in [0.2, 0.25) is 24.2 Å². The minimum atomic E-state index is -0.115. The van der Waals surface area contributed by atoms with E-state index in [4.69, 9.17) is 9.47 Å². The van der Waals surface area contributed by atoms with Gasteiger partial charge in [-0.05, 0) is 44.1 Å². The second-order valence-corrected chi connectivity index (χ2v) is 8.85. The number of rotatable bonds is 9. The lowest BCUT2D eigenvalue weighted by Gasteiger charge is -2.21. The zero-order valence-electron chi connectivity index (χ0n) is 11.5. The Morgan fingerprint density at radius 3 is 2.76 bits per heavy atom. The van der Waals surface area contributed by atoms with E-state index in [1.807, 2.05) is 0 Å². The maximum Gasteiger partial charge on any atom is 0.154 e. The van der Waals surface area contributed by atoms with E-state index in [0.717, 1.165) is 15.6 Å². The lowest BCUT2D eigenvalue weighted by Crippen LogP contribution is -2.33. The second kappa shape index (κ2) is 9.27. The monoisotopic (exact) mass is 272 g/mol. The maximum absolute atomic E-state index is 5.19. The molecule has 0 saturated carbocycles. The van der Waals surface area contributed by atoms with Crippen LogP contribution in [0.5, 0.6) is 0 Å². The van der Waals surface area contributed by atoms with Crippen LogP contribution in [0.4, 0.5) is 0 Å². The molecule has 0 atom stereocenters. The predicted octanol–water partition coefficient (Wildman–Crippen LogP) is 2.25. The molecule has 0 unspecified atom stereocenters. The van der Waals surface area contributed by atoms with Crippen LogP contribution < -0.4 is 0 Å². The molecule has 3 radical (unpaired) electrons. The van der Waals surface area contributed by atoms with E-state index in [-0.39, 0.29) is 15.2 Å². The summed E-state index contributed by atoms with van der Waals surface area (Å²) < 4.78 is 13.2. The van der Waals surface area contributed by atoms with Crippen molar-refractivity contribution in [2.24, 2.45) is 0 Å². The Hall–Kier alpha value is 0.314. The van der Waals surface area contributed by atoms with Gasteiger partial charge in [0.2, 0.25) is 0 Å². The van der Waals surface area contributed by atoms with Gasteiger partial charge >= 0.3 is 0 Å². The molecule has 1 saturated heterocycles. The van der Waals surface area contributed by atoms with Crippen molar-refractivity contribution in [3.05, 3.63) is 0 Å². The van der Waals surface area contributed by atoms with Gasteiger partial charge in [0.1, 0.15) is 8.96 Å². The van der Waals surface area contributed by atoms with Gasteiger partial charge in [-0.3, -0.25) is 0 Å². The first-order valence-electron chi connectivity index (χ1n) is 6.67. The van der Waals surface area contributed by atoms with Crippen molar-refractivity contribution >= 4 is 18.5 Å². The molecule has 1 rings (SSSR count). The molecule has 0 aromatic rings. The Balaban J connectivity index is 2.00. The summed E-state index contributed by atoms with van der Waals surface area (Å²) >= 11 is 0. The minimum Gasteiger partial charge on any atom is -0.356 e. The highest BCUT2D eigenvalue weighted by atomic mass is 28.3. The summed E-state index contributed by atoms with van der Waals surface area (Å²) in [5.41, 5.74) is 0. The molecule has 1 heterocycles. The maximum atomic E-state index is 5.19. The summed E-state index contributed by atoms with van der Waals surface area (Å²) in [4.78, 5) is 0. The van der Waals surface area contributed by atoms with Crippen molar-refractivity contribution in [3.63, 3.8) is 0 Å². The van der Waals surface area contributed by atoms with E-state index in [2.05, 4.69) is 11.5 Å². The van der Waals surface area contributed by atoms with Gasteiger partial charge in [0.25, 0.3) is 0 Å². The fourth-order valence-electron chi connectivity index (χ4n) is 2.34. The smallest absolute Gasteiger partial charge is 0.154 e. The van der Waals surface area contributed by atoms with Gasteiger partial charge in [0.15, 0.2) is 6.29 Å². The Morgan fingerprint density at radius 2 is 2.12 bits per heavy atom. The standard InChI is InChI=1S/C12H26NO2Si2/c1-4-17-10-6-8-13(17)7-5-9-16-11-12(14-2)15-3/h12H,4-11H2,1-3H3. The summed E-state index contributed by atoms with van der Waals surface area (Å²) in [6.07, 6.45) is 2.81. The van der Waals surface area contributed by atoms with Crippen molar-refractivity contribution in [2.75, 3.05) is 27.3 Å². The third kappa shape index (κ3) is 5.65. The highest BCUT2D eigenvalue weighted by Gasteiger charge is 2.23. The molecule has 0 spiro atoms. The second-order valence-electron chi connectivity index (χ2n) is 4.47. The number of hydrogen-bond donors (Lipinski definition) is 0. The molecule has 0 bridgehead atoms. The highest BCUT2D eigenvalue weighted by Crippen LogP contribution is 2.18. The van der Waals surface area contributed by atoms with Crippen LogP contribution in [-0.2, 0) is 9.47 Å². The van der Waals surface area contributed by atoms with Crippen molar-refractivity contribution in [1.29, 1.82) is 0 Å². The molecule has 1 aliphatic heterocycles. The van der Waals surface area contributed by atoms with Crippen molar-refractivity contribution < 1.29 is 9.47 Å². The number of hydrogen-bond acceptors (Lipinski definition) is 3. The molecule has 0 amide bonds. The zero-order chi connectivity index (χ0) is 12.5. The molecule has 0 aromatic carbocycles. The topological polar surface area (TPSA) is 21.7 Å². The molecule has 3 nitrogen and oxygen atoms in total. The van der Waals surface area contributed by atoms with Crippen LogP contribution in [-0.4, -0.2) is 56.6 Å². The highest BCUT2D eigenvalue weighted by molar-refractivity contribution is 6.56. The molecule has 0 N–H and O–H groups in total. The summed E-state index contributed by atoms with van der Waals surface area (Å²) in [5, 5.41) is 0. The van der Waals surface area contributed by atoms with E-state index < -0.39 is 0 Å². The number of ether oxygens (including phenoxy) is 2. The van der Waals surface area contributed by atoms with Gasteiger partial charge in [0, 0.05) is 23.7 Å². The van der Waals surface area contributed by atoms with Crippen LogP contribution in [0.15, 0.2) is 0 Å². The Morgan fingerprint density at radius 1 is 1.35 bits per heavy atom. The number of methoxy groups -OCH3 is 2. The average molecular weight is 273 g/mol. The average Bonchev–Trinajstić information content (AvgIpc) is 2.81. The summed E-state index contributed by atoms with van der Waals surface area (Å²) in [6, 6.07) is 5.32. The van der Waals surface area contributed by atoms with Gasteiger partial charge in [0.05, 0.1) is 0 Å². The van der Waals surface area contributed by atoms with Crippen LogP contribution in [0, 0.1) is 0 Å². The Bertz CT molecular complexity index is 191. The lowest BCUT2D eigenvalue weighted by molar-refractivity contribution is -0.0876. The first-order valence-corrected chi connectivity index (χ1v) is 9.95. The van der Waals surface area contributed by atoms with Crippen LogP contribution in [0.1, 0.15) is 19.8 Å². The van der Waals surface area contributed by atoms with Crippen LogP contribution in [0.3, 0.4) is 0 Å². The third-order valence-electron chi connectivity index (χ3n) is 3.37. The quantitative estimate of drug-likeness (QED) is 0.365. The zero-order valence-corrected chi connectivity index (χ0v) is 13.5. The van der Waals surface area contributed by atoms with Gasteiger partial charge in [-0.2, -0.15) is 0 Å². The van der Waals surface area contributed by atoms with Crippen LogP contribution in [0.25, 0.3) is 0 Å². The van der Waals surface area contributed by atoms with Gasteiger partial charge in [-0.1, -0.05) is 13.0 Å². The molecule has 1 fully saturated rings. The SMILES string of the molecule is CC[Si]1CCCN1CCC[Si]CC(OC)OC. The Labute approximate surface area is 110 Å². The molecule has 0 aliphatic carbocycles. The largest absolute Gasteiger partial charge is 0.356 e. The molecular weight excluding hydrogens is 246 g/mol. The van der Waals surface area contributed by atoms with E-state index in [0.29, 0.717) is 0 Å². The van der Waals surface area contributed by atoms with Gasteiger partial charge in [-0.25, -0.2) is 0 Å². The van der Waals surface area contributed by atoms with E-state index in [9.17, 15) is 0 Å². The van der Waals surface area contributed by atoms with Crippen molar-refractivity contribution in [1.82, 2.24) is 4.57 Å². The van der Waals surface area contributed by atoms with Crippen molar-refractivity contribution in [3.8, 4) is 0 Å². The minimum absolute atomic E-state index is 0.00962. The fourth-order valence-corrected chi connectivity index (χ4v) is 6.15.